The minimum Gasteiger partial charge on any atom is -0.436 e. The van der Waals surface area contributed by atoms with Gasteiger partial charge in [-0.15, -0.1) is 11.3 Å². The SMILES string of the molecule is c1ccc2c(c1)Sc1ccccc1N2c1ccc(-c2nc3cc4sc(-c5ccc(N6c7ccccc7Sc7ccccc76)cc5)nc4cc3o2)cc1. The molecule has 7 aromatic carbocycles. The smallest absolute Gasteiger partial charge is 0.227 e. The molecule has 0 saturated carbocycles. The van der Waals surface area contributed by atoms with Gasteiger partial charge < -0.3 is 14.2 Å². The zero-order chi connectivity index (χ0) is 34.2. The third-order valence-corrected chi connectivity index (χ3v) is 12.8. The van der Waals surface area contributed by atoms with Gasteiger partial charge >= 0.3 is 0 Å². The number of benzene rings is 7. The molecule has 0 unspecified atom stereocenters. The van der Waals surface area contributed by atoms with Crippen molar-refractivity contribution in [3.63, 3.8) is 0 Å². The van der Waals surface area contributed by atoms with Gasteiger partial charge in [0.25, 0.3) is 0 Å². The van der Waals surface area contributed by atoms with Crippen molar-refractivity contribution >= 4 is 90.3 Å². The molecule has 52 heavy (non-hydrogen) atoms. The van der Waals surface area contributed by atoms with E-state index in [9.17, 15) is 0 Å². The van der Waals surface area contributed by atoms with Crippen LogP contribution in [0.4, 0.5) is 34.1 Å². The highest BCUT2D eigenvalue weighted by atomic mass is 32.2. The quantitative estimate of drug-likeness (QED) is 0.179. The first kappa shape index (κ1) is 29.9. The van der Waals surface area contributed by atoms with Gasteiger partial charge in [0.1, 0.15) is 10.5 Å². The Morgan fingerprint density at radius 1 is 0.442 bits per heavy atom. The Morgan fingerprint density at radius 3 is 1.40 bits per heavy atom. The summed E-state index contributed by atoms with van der Waals surface area (Å²) in [5, 5.41) is 0.972. The predicted octanol–water partition coefficient (Wildman–Crippen LogP) is 13.6. The highest BCUT2D eigenvalue weighted by Gasteiger charge is 2.26. The van der Waals surface area contributed by atoms with E-state index in [1.54, 1.807) is 11.3 Å². The lowest BCUT2D eigenvalue weighted by Crippen LogP contribution is -2.14. The Bertz CT molecular complexity index is 2490. The van der Waals surface area contributed by atoms with Crippen molar-refractivity contribution in [3.8, 4) is 22.0 Å². The van der Waals surface area contributed by atoms with Crippen LogP contribution in [0.1, 0.15) is 0 Å². The normalized spacial score (nSPS) is 13.2. The van der Waals surface area contributed by atoms with E-state index in [2.05, 4.69) is 161 Å². The average molecular weight is 723 g/mol. The van der Waals surface area contributed by atoms with Crippen LogP contribution in [0.25, 0.3) is 43.3 Å². The maximum Gasteiger partial charge on any atom is 0.227 e. The van der Waals surface area contributed by atoms with Crippen molar-refractivity contribution in [3.05, 3.63) is 158 Å². The first-order valence-electron chi connectivity index (χ1n) is 17.0. The molecule has 0 spiro atoms. The van der Waals surface area contributed by atoms with Crippen molar-refractivity contribution in [1.82, 2.24) is 9.97 Å². The lowest BCUT2D eigenvalue weighted by Gasteiger charge is -2.32. The van der Waals surface area contributed by atoms with Crippen LogP contribution in [0.5, 0.6) is 0 Å². The first-order valence-corrected chi connectivity index (χ1v) is 19.4. The molecule has 8 heteroatoms. The highest BCUT2D eigenvalue weighted by Crippen LogP contribution is 2.52. The molecule has 0 radical (unpaired) electrons. The van der Waals surface area contributed by atoms with Gasteiger partial charge in [0.05, 0.1) is 33.0 Å². The van der Waals surface area contributed by atoms with E-state index >= 15 is 0 Å². The molecule has 2 aromatic heterocycles. The molecule has 2 aliphatic rings. The van der Waals surface area contributed by atoms with Crippen molar-refractivity contribution in [2.75, 3.05) is 9.80 Å². The number of para-hydroxylation sites is 4. The Hall–Kier alpha value is -5.80. The summed E-state index contributed by atoms with van der Waals surface area (Å²) in [5.41, 5.74) is 11.5. The lowest BCUT2D eigenvalue weighted by molar-refractivity contribution is 0.620. The number of nitrogens with zero attached hydrogens (tertiary/aromatic N) is 4. The molecule has 4 heterocycles. The van der Waals surface area contributed by atoms with Gasteiger partial charge in [-0.05, 0) is 103 Å². The molecule has 0 N–H and O–H groups in total. The number of hydrogen-bond acceptors (Lipinski definition) is 8. The Labute approximate surface area is 312 Å². The lowest BCUT2D eigenvalue weighted by atomic mass is 10.1. The number of anilines is 6. The Kier molecular flexibility index (Phi) is 6.83. The van der Waals surface area contributed by atoms with Gasteiger partial charge in [-0.3, -0.25) is 0 Å². The summed E-state index contributed by atoms with van der Waals surface area (Å²) in [6.45, 7) is 0. The number of oxazole rings is 1. The largest absolute Gasteiger partial charge is 0.436 e. The van der Waals surface area contributed by atoms with Crippen LogP contribution in [0.2, 0.25) is 0 Å². The van der Waals surface area contributed by atoms with Gasteiger partial charge in [0, 0.05) is 48.1 Å². The van der Waals surface area contributed by atoms with Crippen LogP contribution in [-0.2, 0) is 0 Å². The summed E-state index contributed by atoms with van der Waals surface area (Å²) < 4.78 is 7.43. The van der Waals surface area contributed by atoms with Crippen LogP contribution in [-0.4, -0.2) is 9.97 Å². The van der Waals surface area contributed by atoms with Gasteiger partial charge in [0.2, 0.25) is 5.89 Å². The molecule has 0 bridgehead atoms. The highest BCUT2D eigenvalue weighted by molar-refractivity contribution is 8.00. The van der Waals surface area contributed by atoms with E-state index in [1.807, 2.05) is 29.6 Å². The number of rotatable bonds is 4. The second kappa shape index (κ2) is 11.9. The van der Waals surface area contributed by atoms with Gasteiger partial charge in [0.15, 0.2) is 5.58 Å². The van der Waals surface area contributed by atoms with E-state index in [0.717, 1.165) is 48.8 Å². The minimum atomic E-state index is 0.601. The Morgan fingerprint density at radius 2 is 0.904 bits per heavy atom. The van der Waals surface area contributed by atoms with Crippen LogP contribution in [0.15, 0.2) is 182 Å². The molecule has 2 aliphatic heterocycles. The predicted molar refractivity (Wildman–Crippen MR) is 216 cm³/mol. The topological polar surface area (TPSA) is 45.4 Å². The summed E-state index contributed by atoms with van der Waals surface area (Å²) in [5.74, 6) is 0.601. The fraction of sp³-hybridized carbons (Fsp3) is 0. The molecule has 0 amide bonds. The standard InChI is InChI=1S/C44H26N4OS3/c1-5-13-38-33(9-1)47(34-10-2-6-14-39(34)50-38)29-21-17-27(18-22-29)43-45-31-26-42-32(25-37(31)49-43)46-44(52-42)28-19-23-30(24-20-28)48-35-11-3-7-15-40(35)51-41-16-8-4-12-36(41)48/h1-26H. The molecule has 0 saturated heterocycles. The molecular weight excluding hydrogens is 697 g/mol. The summed E-state index contributed by atoms with van der Waals surface area (Å²) >= 11 is 5.31. The van der Waals surface area contributed by atoms with Crippen LogP contribution < -0.4 is 9.80 Å². The van der Waals surface area contributed by atoms with Gasteiger partial charge in [-0.2, -0.15) is 0 Å². The minimum absolute atomic E-state index is 0.601. The van der Waals surface area contributed by atoms with E-state index in [1.165, 1.54) is 42.3 Å². The van der Waals surface area contributed by atoms with E-state index in [0.29, 0.717) is 5.89 Å². The number of thiazole rings is 1. The zero-order valence-electron chi connectivity index (χ0n) is 27.4. The van der Waals surface area contributed by atoms with Crippen molar-refractivity contribution in [1.29, 1.82) is 0 Å². The molecule has 11 rings (SSSR count). The fourth-order valence-electron chi connectivity index (χ4n) is 7.07. The van der Waals surface area contributed by atoms with Crippen molar-refractivity contribution in [2.24, 2.45) is 0 Å². The number of aromatic nitrogens is 2. The molecule has 9 aromatic rings. The molecule has 5 nitrogen and oxygen atoms in total. The average Bonchev–Trinajstić information content (AvgIpc) is 3.82. The third kappa shape index (κ3) is 4.87. The zero-order valence-corrected chi connectivity index (χ0v) is 29.9. The third-order valence-electron chi connectivity index (χ3n) is 9.51. The second-order valence-corrected chi connectivity index (χ2v) is 15.9. The summed E-state index contributed by atoms with van der Waals surface area (Å²) in [7, 11) is 0. The fourth-order valence-corrected chi connectivity index (χ4v) is 10.2. The van der Waals surface area contributed by atoms with Gasteiger partial charge in [-0.25, -0.2) is 9.97 Å². The Balaban J connectivity index is 0.885. The van der Waals surface area contributed by atoms with Gasteiger partial charge in [-0.1, -0.05) is 72.1 Å². The molecule has 0 fully saturated rings. The van der Waals surface area contributed by atoms with Crippen LogP contribution in [0, 0.1) is 0 Å². The maximum atomic E-state index is 6.34. The number of hydrogen-bond donors (Lipinski definition) is 0. The van der Waals surface area contributed by atoms with Crippen LogP contribution in [0.3, 0.4) is 0 Å². The maximum absolute atomic E-state index is 6.34. The van der Waals surface area contributed by atoms with Crippen molar-refractivity contribution < 1.29 is 4.42 Å². The molecule has 246 valence electrons. The molecule has 0 atom stereocenters. The van der Waals surface area contributed by atoms with E-state index in [4.69, 9.17) is 14.4 Å². The first-order chi connectivity index (χ1) is 25.7. The van der Waals surface area contributed by atoms with E-state index < -0.39 is 0 Å². The summed E-state index contributed by atoms with van der Waals surface area (Å²) in [6, 6.07) is 55.6. The van der Waals surface area contributed by atoms with Crippen molar-refractivity contribution in [2.45, 2.75) is 19.6 Å². The number of fused-ring (bicyclic) bond motifs is 6. The second-order valence-electron chi connectivity index (χ2n) is 12.7. The summed E-state index contributed by atoms with van der Waals surface area (Å²) in [6.07, 6.45) is 0. The molecule has 0 aliphatic carbocycles. The van der Waals surface area contributed by atoms with Crippen LogP contribution >= 0.6 is 34.9 Å². The molecular formula is C44H26N4OS3. The summed E-state index contributed by atoms with van der Waals surface area (Å²) in [4.78, 5) is 19.6. The van der Waals surface area contributed by atoms with E-state index in [-0.39, 0.29) is 0 Å². The monoisotopic (exact) mass is 722 g/mol.